The number of rotatable bonds is 6. The van der Waals surface area contributed by atoms with Gasteiger partial charge in [0.25, 0.3) is 0 Å². The Balaban J connectivity index is 1.37. The van der Waals surface area contributed by atoms with E-state index in [0.717, 1.165) is 43.8 Å². The first-order valence-corrected chi connectivity index (χ1v) is 18.3. The molecule has 0 aliphatic carbocycles. The molecule has 0 N–H and O–H groups in total. The summed E-state index contributed by atoms with van der Waals surface area (Å²) in [5.41, 5.74) is 5.84. The molecule has 1 aromatic heterocycles. The van der Waals surface area contributed by atoms with Crippen molar-refractivity contribution in [1.82, 2.24) is 4.57 Å². The van der Waals surface area contributed by atoms with Crippen LogP contribution in [0.4, 0.5) is 11.4 Å². The van der Waals surface area contributed by atoms with Gasteiger partial charge in [-0.3, -0.25) is 0 Å². The average Bonchev–Trinajstić information content (AvgIpc) is 3.53. The van der Waals surface area contributed by atoms with Crippen LogP contribution in [0.2, 0.25) is 0 Å². The Morgan fingerprint density at radius 3 is 1.66 bits per heavy atom. The van der Waals surface area contributed by atoms with Crippen molar-refractivity contribution in [3.05, 3.63) is 198 Å². The van der Waals surface area contributed by atoms with Gasteiger partial charge in [-0.2, -0.15) is 5.26 Å². The summed E-state index contributed by atoms with van der Waals surface area (Å²) in [4.78, 5) is 8.01. The van der Waals surface area contributed by atoms with Crippen LogP contribution >= 0.6 is 0 Å². The summed E-state index contributed by atoms with van der Waals surface area (Å²) < 4.78 is 2.15. The Hall–Kier alpha value is -6.97. The van der Waals surface area contributed by atoms with Gasteiger partial charge in [-0.1, -0.05) is 133 Å². The Bertz CT molecular complexity index is 2580. The summed E-state index contributed by atoms with van der Waals surface area (Å²) in [5, 5.41) is 16.5. The first-order valence-electron chi connectivity index (χ1n) is 16.3. The van der Waals surface area contributed by atoms with Crippen molar-refractivity contribution in [1.29, 1.82) is 5.26 Å². The number of hydrogen-bond donors (Lipinski definition) is 0. The SMILES string of the molecule is [C-]#[N+]c1cc(-n2c3ccccc3c3cc(C#N)ccc32)ccc1-c1cc([Si](c2ccccc2)(c2ccccc2)c2ccccc2)ccc1[N+]#[C-]. The highest BCUT2D eigenvalue weighted by molar-refractivity contribution is 7.19. The Labute approximate surface area is 292 Å². The summed E-state index contributed by atoms with van der Waals surface area (Å²) in [6.07, 6.45) is 0. The van der Waals surface area contributed by atoms with Crippen LogP contribution in [-0.2, 0) is 0 Å². The topological polar surface area (TPSA) is 37.4 Å². The van der Waals surface area contributed by atoms with E-state index in [1.807, 2.05) is 54.6 Å². The zero-order chi connectivity index (χ0) is 34.1. The molecule has 0 amide bonds. The Morgan fingerprint density at radius 2 is 1.06 bits per heavy atom. The first kappa shape index (κ1) is 30.4. The van der Waals surface area contributed by atoms with Gasteiger partial charge in [-0.25, -0.2) is 9.69 Å². The van der Waals surface area contributed by atoms with Crippen molar-refractivity contribution in [2.45, 2.75) is 0 Å². The smallest absolute Gasteiger partial charge is 0.195 e. The summed E-state index contributed by atoms with van der Waals surface area (Å²) >= 11 is 0. The maximum absolute atomic E-state index is 9.60. The van der Waals surface area contributed by atoms with Crippen LogP contribution in [0.3, 0.4) is 0 Å². The fourth-order valence-corrected chi connectivity index (χ4v) is 12.2. The van der Waals surface area contributed by atoms with E-state index in [4.69, 9.17) is 13.1 Å². The van der Waals surface area contributed by atoms with Crippen LogP contribution in [0.5, 0.6) is 0 Å². The molecule has 0 saturated heterocycles. The maximum atomic E-state index is 9.60. The molecule has 0 aliphatic rings. The van der Waals surface area contributed by atoms with Crippen LogP contribution in [0.15, 0.2) is 170 Å². The fraction of sp³-hybridized carbons (Fsp3) is 0. The monoisotopic (exact) mass is 652 g/mol. The Kier molecular flexibility index (Phi) is 7.63. The quantitative estimate of drug-likeness (QED) is 0.101. The number of nitriles is 1. The second-order valence-corrected chi connectivity index (χ2v) is 16.0. The van der Waals surface area contributed by atoms with Gasteiger partial charge < -0.3 is 4.57 Å². The summed E-state index contributed by atoms with van der Waals surface area (Å²) in [5.74, 6) is 0. The molecule has 5 heteroatoms. The van der Waals surface area contributed by atoms with E-state index in [9.17, 15) is 5.26 Å². The molecule has 50 heavy (non-hydrogen) atoms. The van der Waals surface area contributed by atoms with Gasteiger partial charge in [-0.05, 0) is 68.3 Å². The minimum absolute atomic E-state index is 0.468. The lowest BCUT2D eigenvalue weighted by Gasteiger charge is -2.35. The largest absolute Gasteiger partial charge is 0.311 e. The van der Waals surface area contributed by atoms with Crippen LogP contribution in [0, 0.1) is 24.5 Å². The predicted molar refractivity (Wildman–Crippen MR) is 207 cm³/mol. The molecule has 0 unspecified atom stereocenters. The molecule has 0 aliphatic heterocycles. The van der Waals surface area contributed by atoms with Crippen LogP contribution < -0.4 is 20.7 Å². The molecule has 7 aromatic carbocycles. The molecule has 0 saturated carbocycles. The predicted octanol–water partition coefficient (Wildman–Crippen LogP) is 8.80. The number of benzene rings is 7. The number of para-hydroxylation sites is 1. The molecular weight excluding hydrogens is 625 g/mol. The molecule has 0 fully saturated rings. The third-order valence-corrected chi connectivity index (χ3v) is 14.4. The zero-order valence-electron chi connectivity index (χ0n) is 27.0. The Morgan fingerprint density at radius 1 is 0.480 bits per heavy atom. The molecule has 8 rings (SSSR count). The molecule has 232 valence electrons. The van der Waals surface area contributed by atoms with Crippen molar-refractivity contribution in [3.63, 3.8) is 0 Å². The van der Waals surface area contributed by atoms with Gasteiger partial charge in [0.1, 0.15) is 0 Å². The van der Waals surface area contributed by atoms with E-state index in [1.165, 1.54) is 15.6 Å². The third-order valence-electron chi connectivity index (χ3n) is 9.62. The molecule has 0 spiro atoms. The molecule has 8 aromatic rings. The van der Waals surface area contributed by atoms with Crippen LogP contribution in [-0.4, -0.2) is 12.6 Å². The van der Waals surface area contributed by atoms with E-state index >= 15 is 0 Å². The molecule has 0 radical (unpaired) electrons. The van der Waals surface area contributed by atoms with E-state index in [-0.39, 0.29) is 0 Å². The number of fused-ring (bicyclic) bond motifs is 3. The molecule has 0 bridgehead atoms. The van der Waals surface area contributed by atoms with Crippen LogP contribution in [0.25, 0.3) is 48.3 Å². The highest BCUT2D eigenvalue weighted by Gasteiger charge is 2.41. The van der Waals surface area contributed by atoms with Crippen molar-refractivity contribution in [3.8, 4) is 22.9 Å². The van der Waals surface area contributed by atoms with Crippen molar-refractivity contribution >= 4 is 62.0 Å². The minimum Gasteiger partial charge on any atom is -0.311 e. The summed E-state index contributed by atoms with van der Waals surface area (Å²) in [6, 6.07) is 60.4. The number of hydrogen-bond acceptors (Lipinski definition) is 1. The lowest BCUT2D eigenvalue weighted by atomic mass is 10.0. The van der Waals surface area contributed by atoms with Crippen LogP contribution in [0.1, 0.15) is 5.56 Å². The third kappa shape index (κ3) is 4.80. The van der Waals surface area contributed by atoms with E-state index in [1.54, 1.807) is 0 Å². The summed E-state index contributed by atoms with van der Waals surface area (Å²) in [7, 11) is -2.86. The van der Waals surface area contributed by atoms with E-state index in [0.29, 0.717) is 16.9 Å². The second kappa shape index (κ2) is 12.6. The van der Waals surface area contributed by atoms with E-state index in [2.05, 4.69) is 136 Å². The summed E-state index contributed by atoms with van der Waals surface area (Å²) in [6.45, 7) is 16.5. The van der Waals surface area contributed by atoms with Gasteiger partial charge in [0, 0.05) is 16.5 Å². The minimum atomic E-state index is -2.86. The molecule has 4 nitrogen and oxygen atoms in total. The second-order valence-electron chi connectivity index (χ2n) is 12.2. The fourth-order valence-electron chi connectivity index (χ4n) is 7.45. The molecule has 1 heterocycles. The average molecular weight is 653 g/mol. The standard InChI is InChI=1S/C45H28N4Si/c1-47-42-26-24-37(50(34-14-6-3-7-15-34,35-16-8-4-9-17-35)36-18-10-5-11-19-36)30-40(42)38-25-23-33(29-43(38)48-2)49-44-21-13-12-20-39(44)41-28-32(31-46)22-27-45(41)49/h3-30H. The normalized spacial score (nSPS) is 11.1. The zero-order valence-corrected chi connectivity index (χ0v) is 28.0. The van der Waals surface area contributed by atoms with Crippen molar-refractivity contribution < 1.29 is 0 Å². The first-order chi connectivity index (χ1) is 24.7. The lowest BCUT2D eigenvalue weighted by molar-refractivity contribution is 1.18. The molecule has 0 atom stereocenters. The van der Waals surface area contributed by atoms with Gasteiger partial charge in [-0.15, -0.1) is 0 Å². The number of aromatic nitrogens is 1. The maximum Gasteiger partial charge on any atom is 0.195 e. The van der Waals surface area contributed by atoms with Gasteiger partial charge in [0.15, 0.2) is 19.4 Å². The van der Waals surface area contributed by atoms with E-state index < -0.39 is 8.07 Å². The van der Waals surface area contributed by atoms with Gasteiger partial charge in [0.05, 0.1) is 35.8 Å². The van der Waals surface area contributed by atoms with Crippen molar-refractivity contribution in [2.24, 2.45) is 0 Å². The van der Waals surface area contributed by atoms with Gasteiger partial charge in [0.2, 0.25) is 0 Å². The van der Waals surface area contributed by atoms with Gasteiger partial charge >= 0.3 is 0 Å². The highest BCUT2D eigenvalue weighted by atomic mass is 28.3. The van der Waals surface area contributed by atoms with Crippen molar-refractivity contribution in [2.75, 3.05) is 0 Å². The number of nitrogens with zero attached hydrogens (tertiary/aromatic N) is 4. The lowest BCUT2D eigenvalue weighted by Crippen LogP contribution is -2.74. The molecular formula is C45H28N4Si. The highest BCUT2D eigenvalue weighted by Crippen LogP contribution is 2.40.